The molecular weight excluding hydrogens is 294 g/mol. The van der Waals surface area contributed by atoms with Crippen LogP contribution in [0.3, 0.4) is 0 Å². The van der Waals surface area contributed by atoms with Gasteiger partial charge in [0.2, 0.25) is 5.78 Å². The van der Waals surface area contributed by atoms with Gasteiger partial charge in [-0.25, -0.2) is 0 Å². The maximum atomic E-state index is 12.0. The third-order valence-electron chi connectivity index (χ3n) is 2.60. The molecule has 88 valence electrons. The number of carbonyl (C=O) groups is 1. The molecule has 1 aliphatic rings. The Balaban J connectivity index is 1.97. The number of hydrogen-bond acceptors (Lipinski definition) is 3. The summed E-state index contributed by atoms with van der Waals surface area (Å²) in [6.07, 6.45) is 3.33. The number of para-hydroxylation sites is 1. The van der Waals surface area contributed by atoms with Crippen molar-refractivity contribution in [3.63, 3.8) is 0 Å². The number of benzene rings is 1. The molecule has 0 aliphatic carbocycles. The molecule has 18 heavy (non-hydrogen) atoms. The lowest BCUT2D eigenvalue weighted by molar-refractivity contribution is 0.101. The molecule has 2 heterocycles. The molecule has 1 aromatic carbocycles. The Kier molecular flexibility index (Phi) is 2.72. The van der Waals surface area contributed by atoms with Crippen LogP contribution < -0.4 is 4.74 Å². The number of halogens is 1. The van der Waals surface area contributed by atoms with Gasteiger partial charge in [-0.1, -0.05) is 12.1 Å². The van der Waals surface area contributed by atoms with Crippen molar-refractivity contribution >= 4 is 27.8 Å². The van der Waals surface area contributed by atoms with Crippen LogP contribution in [0.1, 0.15) is 16.1 Å². The first-order valence-corrected chi connectivity index (χ1v) is 6.18. The number of hydrogen-bond donors (Lipinski definition) is 0. The minimum absolute atomic E-state index is 0.102. The van der Waals surface area contributed by atoms with Crippen LogP contribution >= 0.6 is 15.9 Å². The first kappa shape index (κ1) is 11.2. The Morgan fingerprint density at radius 2 is 2.00 bits per heavy atom. The maximum Gasteiger partial charge on any atom is 0.232 e. The SMILES string of the molecule is O=C1/C(=C/c2ccc(Br)cn2)Oc2ccccc21. The standard InChI is InChI=1S/C14H8BrNO2/c15-9-5-6-10(16-8-9)7-13-14(17)11-3-1-2-4-12(11)18-13/h1-8H/b13-7-. The zero-order valence-corrected chi connectivity index (χ0v) is 10.8. The van der Waals surface area contributed by atoms with Gasteiger partial charge in [0.1, 0.15) is 5.75 Å². The third kappa shape index (κ3) is 1.95. The molecule has 2 aromatic rings. The van der Waals surface area contributed by atoms with E-state index in [0.29, 0.717) is 22.8 Å². The van der Waals surface area contributed by atoms with Crippen LogP contribution in [-0.4, -0.2) is 10.8 Å². The van der Waals surface area contributed by atoms with Crippen molar-refractivity contribution in [1.82, 2.24) is 4.98 Å². The highest BCUT2D eigenvalue weighted by Crippen LogP contribution is 2.31. The third-order valence-corrected chi connectivity index (χ3v) is 3.07. The van der Waals surface area contributed by atoms with Crippen LogP contribution in [0.4, 0.5) is 0 Å². The number of ketones is 1. The molecule has 0 saturated heterocycles. The first-order valence-electron chi connectivity index (χ1n) is 5.39. The summed E-state index contributed by atoms with van der Waals surface area (Å²) < 4.78 is 6.41. The molecule has 1 aromatic heterocycles. The molecule has 0 fully saturated rings. The fraction of sp³-hybridized carbons (Fsp3) is 0. The second kappa shape index (κ2) is 4.38. The van der Waals surface area contributed by atoms with E-state index in [1.54, 1.807) is 24.4 Å². The normalized spacial score (nSPS) is 15.6. The summed E-state index contributed by atoms with van der Waals surface area (Å²) in [5.74, 6) is 0.812. The number of aromatic nitrogens is 1. The van der Waals surface area contributed by atoms with E-state index in [9.17, 15) is 4.79 Å². The summed E-state index contributed by atoms with van der Waals surface area (Å²) in [5, 5.41) is 0. The van der Waals surface area contributed by atoms with E-state index in [-0.39, 0.29) is 5.78 Å². The predicted molar refractivity (Wildman–Crippen MR) is 71.3 cm³/mol. The van der Waals surface area contributed by atoms with Crippen LogP contribution in [0, 0.1) is 0 Å². The Morgan fingerprint density at radius 1 is 1.17 bits per heavy atom. The molecule has 0 saturated carbocycles. The zero-order valence-electron chi connectivity index (χ0n) is 9.26. The van der Waals surface area contributed by atoms with Crippen LogP contribution in [-0.2, 0) is 0 Å². The summed E-state index contributed by atoms with van der Waals surface area (Å²) in [4.78, 5) is 16.2. The lowest BCUT2D eigenvalue weighted by atomic mass is 10.1. The van der Waals surface area contributed by atoms with E-state index in [1.807, 2.05) is 24.3 Å². The van der Waals surface area contributed by atoms with Gasteiger partial charge in [-0.2, -0.15) is 0 Å². The Morgan fingerprint density at radius 3 is 2.72 bits per heavy atom. The molecule has 0 spiro atoms. The Hall–Kier alpha value is -1.94. The van der Waals surface area contributed by atoms with Gasteiger partial charge in [0.05, 0.1) is 11.3 Å². The number of Topliss-reactive ketones (excluding diaryl/α,β-unsaturated/α-hetero) is 1. The topological polar surface area (TPSA) is 39.2 Å². The van der Waals surface area contributed by atoms with E-state index in [4.69, 9.17) is 4.74 Å². The summed E-state index contributed by atoms with van der Waals surface area (Å²) in [7, 11) is 0. The van der Waals surface area contributed by atoms with Gasteiger partial charge in [0.15, 0.2) is 5.76 Å². The summed E-state index contributed by atoms with van der Waals surface area (Å²) in [6, 6.07) is 10.9. The van der Waals surface area contributed by atoms with Crippen molar-refractivity contribution in [2.24, 2.45) is 0 Å². The summed E-state index contributed by atoms with van der Waals surface area (Å²) in [5.41, 5.74) is 1.29. The van der Waals surface area contributed by atoms with Crippen molar-refractivity contribution < 1.29 is 9.53 Å². The fourth-order valence-corrected chi connectivity index (χ4v) is 1.98. The van der Waals surface area contributed by atoms with Gasteiger partial charge >= 0.3 is 0 Å². The molecule has 3 nitrogen and oxygen atoms in total. The molecule has 4 heteroatoms. The molecule has 0 unspecified atom stereocenters. The predicted octanol–water partition coefficient (Wildman–Crippen LogP) is 3.46. The number of pyridine rings is 1. The van der Waals surface area contributed by atoms with Gasteiger partial charge in [-0.15, -0.1) is 0 Å². The van der Waals surface area contributed by atoms with Crippen LogP contribution in [0.5, 0.6) is 5.75 Å². The van der Waals surface area contributed by atoms with E-state index < -0.39 is 0 Å². The van der Waals surface area contributed by atoms with Crippen molar-refractivity contribution in [3.8, 4) is 5.75 Å². The second-order valence-electron chi connectivity index (χ2n) is 3.84. The van der Waals surface area contributed by atoms with Crippen molar-refractivity contribution in [3.05, 3.63) is 64.1 Å². The van der Waals surface area contributed by atoms with Gasteiger partial charge in [0.25, 0.3) is 0 Å². The number of nitrogens with zero attached hydrogens (tertiary/aromatic N) is 1. The molecule has 3 rings (SSSR count). The number of allylic oxidation sites excluding steroid dienone is 1. The average Bonchev–Trinajstić information content (AvgIpc) is 2.70. The Labute approximate surface area is 112 Å². The van der Waals surface area contributed by atoms with Crippen molar-refractivity contribution in [2.75, 3.05) is 0 Å². The highest BCUT2D eigenvalue weighted by Gasteiger charge is 2.26. The van der Waals surface area contributed by atoms with Gasteiger partial charge in [-0.3, -0.25) is 9.78 Å². The first-order chi connectivity index (χ1) is 8.74. The number of fused-ring (bicyclic) bond motifs is 1. The van der Waals surface area contributed by atoms with Crippen molar-refractivity contribution in [1.29, 1.82) is 0 Å². The minimum atomic E-state index is -0.102. The summed E-state index contributed by atoms with van der Waals surface area (Å²) in [6.45, 7) is 0. The zero-order chi connectivity index (χ0) is 12.5. The van der Waals surface area contributed by atoms with E-state index in [2.05, 4.69) is 20.9 Å². The summed E-state index contributed by atoms with van der Waals surface area (Å²) >= 11 is 3.31. The lowest BCUT2D eigenvalue weighted by Gasteiger charge is -1.97. The van der Waals surface area contributed by atoms with Crippen molar-refractivity contribution in [2.45, 2.75) is 0 Å². The van der Waals surface area contributed by atoms with Crippen LogP contribution in [0.15, 0.2) is 52.8 Å². The number of ether oxygens (including phenoxy) is 1. The fourth-order valence-electron chi connectivity index (χ4n) is 1.74. The second-order valence-corrected chi connectivity index (χ2v) is 4.75. The molecule has 0 bridgehead atoms. The van der Waals surface area contributed by atoms with E-state index in [0.717, 1.165) is 4.47 Å². The highest BCUT2D eigenvalue weighted by molar-refractivity contribution is 9.10. The molecule has 0 N–H and O–H groups in total. The lowest BCUT2D eigenvalue weighted by Crippen LogP contribution is -1.98. The van der Waals surface area contributed by atoms with Crippen LogP contribution in [0.2, 0.25) is 0 Å². The van der Waals surface area contributed by atoms with E-state index in [1.165, 1.54) is 0 Å². The number of carbonyl (C=O) groups excluding carboxylic acids is 1. The molecule has 0 radical (unpaired) electrons. The monoisotopic (exact) mass is 301 g/mol. The molecule has 0 amide bonds. The van der Waals surface area contributed by atoms with E-state index >= 15 is 0 Å². The molecule has 0 atom stereocenters. The molecule has 1 aliphatic heterocycles. The van der Waals surface area contributed by atoms with Gasteiger partial charge in [-0.05, 0) is 40.2 Å². The maximum absolute atomic E-state index is 12.0. The average molecular weight is 302 g/mol. The van der Waals surface area contributed by atoms with Gasteiger partial charge in [0, 0.05) is 16.7 Å². The van der Waals surface area contributed by atoms with Crippen LogP contribution in [0.25, 0.3) is 6.08 Å². The highest BCUT2D eigenvalue weighted by atomic mass is 79.9. The largest absolute Gasteiger partial charge is 0.452 e. The number of rotatable bonds is 1. The Bertz CT molecular complexity index is 647. The van der Waals surface area contributed by atoms with Gasteiger partial charge < -0.3 is 4.74 Å². The smallest absolute Gasteiger partial charge is 0.232 e. The minimum Gasteiger partial charge on any atom is -0.452 e. The molecular formula is C14H8BrNO2. The quantitative estimate of drug-likeness (QED) is 0.757.